The molecule has 4 rings (SSSR count). The molecule has 2 aromatic carbocycles. The molecule has 0 spiro atoms. The number of ether oxygens (including phenoxy) is 1. The van der Waals surface area contributed by atoms with Crippen molar-refractivity contribution in [1.82, 2.24) is 9.47 Å². The van der Waals surface area contributed by atoms with Gasteiger partial charge in [-0.15, -0.1) is 0 Å². The number of para-hydroxylation sites is 2. The maximum absolute atomic E-state index is 11.6. The Kier molecular flexibility index (Phi) is 4.45. The summed E-state index contributed by atoms with van der Waals surface area (Å²) in [7, 11) is 0. The highest BCUT2D eigenvalue weighted by molar-refractivity contribution is 6.07. The van der Waals surface area contributed by atoms with E-state index in [4.69, 9.17) is 4.74 Å². The SMILES string of the molecule is CC(=O)OC(CN1CCCC1)Cn1c2ccccc2c2ccccc21. The van der Waals surface area contributed by atoms with Crippen LogP contribution in [0.15, 0.2) is 48.5 Å². The van der Waals surface area contributed by atoms with Gasteiger partial charge in [0.25, 0.3) is 0 Å². The third-order valence-electron chi connectivity index (χ3n) is 5.06. The molecule has 0 N–H and O–H groups in total. The molecule has 0 amide bonds. The average Bonchev–Trinajstić information content (AvgIpc) is 3.22. The molecule has 1 aromatic heterocycles. The van der Waals surface area contributed by atoms with Crippen molar-refractivity contribution in [2.75, 3.05) is 19.6 Å². The Balaban J connectivity index is 1.71. The molecule has 0 radical (unpaired) electrons. The van der Waals surface area contributed by atoms with Gasteiger partial charge in [0.05, 0.1) is 6.54 Å². The van der Waals surface area contributed by atoms with Crippen LogP contribution in [0.1, 0.15) is 19.8 Å². The van der Waals surface area contributed by atoms with Crippen molar-refractivity contribution in [2.45, 2.75) is 32.4 Å². The largest absolute Gasteiger partial charge is 0.459 e. The lowest BCUT2D eigenvalue weighted by Crippen LogP contribution is -2.35. The van der Waals surface area contributed by atoms with Gasteiger partial charge < -0.3 is 9.30 Å². The molecule has 1 fully saturated rings. The number of hydrogen-bond donors (Lipinski definition) is 0. The first-order valence-corrected chi connectivity index (χ1v) is 9.08. The van der Waals surface area contributed by atoms with Crippen molar-refractivity contribution >= 4 is 27.8 Å². The third-order valence-corrected chi connectivity index (χ3v) is 5.06. The maximum Gasteiger partial charge on any atom is 0.303 e. The van der Waals surface area contributed by atoms with Gasteiger partial charge in [0, 0.05) is 35.3 Å². The minimum atomic E-state index is -0.204. The summed E-state index contributed by atoms with van der Waals surface area (Å²) >= 11 is 0. The molecule has 130 valence electrons. The molecule has 25 heavy (non-hydrogen) atoms. The molecule has 1 unspecified atom stereocenters. The van der Waals surface area contributed by atoms with Crippen LogP contribution in [0.5, 0.6) is 0 Å². The first-order valence-electron chi connectivity index (χ1n) is 9.08. The van der Waals surface area contributed by atoms with E-state index in [0.29, 0.717) is 6.54 Å². The van der Waals surface area contributed by atoms with Crippen LogP contribution in [-0.4, -0.2) is 41.2 Å². The Morgan fingerprint density at radius 2 is 1.52 bits per heavy atom. The monoisotopic (exact) mass is 336 g/mol. The van der Waals surface area contributed by atoms with Crippen LogP contribution in [0.4, 0.5) is 0 Å². The minimum absolute atomic E-state index is 0.130. The molecule has 1 atom stereocenters. The van der Waals surface area contributed by atoms with E-state index in [2.05, 4.69) is 58.0 Å². The summed E-state index contributed by atoms with van der Waals surface area (Å²) in [5.41, 5.74) is 2.39. The first-order chi connectivity index (χ1) is 12.2. The van der Waals surface area contributed by atoms with Gasteiger partial charge in [-0.3, -0.25) is 9.69 Å². The summed E-state index contributed by atoms with van der Waals surface area (Å²) in [6.45, 7) is 5.20. The Hall–Kier alpha value is -2.33. The molecule has 4 heteroatoms. The zero-order valence-corrected chi connectivity index (χ0v) is 14.6. The molecular weight excluding hydrogens is 312 g/mol. The van der Waals surface area contributed by atoms with Crippen LogP contribution in [0.2, 0.25) is 0 Å². The van der Waals surface area contributed by atoms with Crippen LogP contribution in [0.3, 0.4) is 0 Å². The zero-order chi connectivity index (χ0) is 17.2. The fraction of sp³-hybridized carbons (Fsp3) is 0.381. The number of fused-ring (bicyclic) bond motifs is 3. The number of benzene rings is 2. The third kappa shape index (κ3) is 3.27. The summed E-state index contributed by atoms with van der Waals surface area (Å²) in [6.07, 6.45) is 2.35. The lowest BCUT2D eigenvalue weighted by atomic mass is 10.2. The van der Waals surface area contributed by atoms with E-state index in [9.17, 15) is 4.79 Å². The molecule has 1 saturated heterocycles. The second-order valence-corrected chi connectivity index (χ2v) is 6.88. The minimum Gasteiger partial charge on any atom is -0.459 e. The molecule has 0 aliphatic carbocycles. The van der Waals surface area contributed by atoms with E-state index in [-0.39, 0.29) is 12.1 Å². The topological polar surface area (TPSA) is 34.5 Å². The van der Waals surface area contributed by atoms with E-state index < -0.39 is 0 Å². The standard InChI is InChI=1S/C21H24N2O2/c1-16(24)25-17(14-22-12-6-7-13-22)15-23-20-10-4-2-8-18(20)19-9-3-5-11-21(19)23/h2-5,8-11,17H,6-7,12-15H2,1H3. The molecule has 4 nitrogen and oxygen atoms in total. The fourth-order valence-electron chi connectivity index (χ4n) is 4.02. The van der Waals surface area contributed by atoms with Crippen LogP contribution < -0.4 is 0 Å². The van der Waals surface area contributed by atoms with Crippen molar-refractivity contribution in [3.05, 3.63) is 48.5 Å². The van der Waals surface area contributed by atoms with E-state index >= 15 is 0 Å². The van der Waals surface area contributed by atoms with Gasteiger partial charge in [-0.05, 0) is 38.1 Å². The second kappa shape index (κ2) is 6.89. The number of carbonyl (C=O) groups is 1. The van der Waals surface area contributed by atoms with Crippen molar-refractivity contribution in [3.63, 3.8) is 0 Å². The number of hydrogen-bond acceptors (Lipinski definition) is 3. The maximum atomic E-state index is 11.6. The number of carbonyl (C=O) groups excluding carboxylic acids is 1. The number of aromatic nitrogens is 1. The highest BCUT2D eigenvalue weighted by Gasteiger charge is 2.22. The van der Waals surface area contributed by atoms with Crippen LogP contribution in [0, 0.1) is 0 Å². The van der Waals surface area contributed by atoms with Gasteiger partial charge in [0.15, 0.2) is 0 Å². The first kappa shape index (κ1) is 16.2. The van der Waals surface area contributed by atoms with Crippen LogP contribution >= 0.6 is 0 Å². The molecule has 3 aromatic rings. The molecule has 0 bridgehead atoms. The van der Waals surface area contributed by atoms with Gasteiger partial charge in [-0.2, -0.15) is 0 Å². The lowest BCUT2D eigenvalue weighted by molar-refractivity contribution is -0.147. The number of likely N-dealkylation sites (tertiary alicyclic amines) is 1. The smallest absolute Gasteiger partial charge is 0.303 e. The summed E-state index contributed by atoms with van der Waals surface area (Å²) < 4.78 is 7.98. The van der Waals surface area contributed by atoms with Crippen molar-refractivity contribution in [2.24, 2.45) is 0 Å². The average molecular weight is 336 g/mol. The normalized spacial score (nSPS) is 16.5. The highest BCUT2D eigenvalue weighted by atomic mass is 16.5. The van der Waals surface area contributed by atoms with Crippen molar-refractivity contribution in [3.8, 4) is 0 Å². The van der Waals surface area contributed by atoms with Crippen LogP contribution in [-0.2, 0) is 16.1 Å². The summed E-state index contributed by atoms with van der Waals surface area (Å²) in [6, 6.07) is 16.9. The predicted octanol–water partition coefficient (Wildman–Crippen LogP) is 3.82. The molecule has 0 saturated carbocycles. The predicted molar refractivity (Wildman–Crippen MR) is 101 cm³/mol. The van der Waals surface area contributed by atoms with Crippen LogP contribution in [0.25, 0.3) is 21.8 Å². The summed E-state index contributed by atoms with van der Waals surface area (Å²) in [4.78, 5) is 14.0. The number of nitrogens with zero attached hydrogens (tertiary/aromatic N) is 2. The molecule has 2 heterocycles. The van der Waals surface area contributed by atoms with Crippen molar-refractivity contribution < 1.29 is 9.53 Å². The molecule has 1 aliphatic rings. The van der Waals surface area contributed by atoms with E-state index in [1.54, 1.807) is 0 Å². The fourth-order valence-corrected chi connectivity index (χ4v) is 4.02. The van der Waals surface area contributed by atoms with E-state index in [1.807, 2.05) is 0 Å². The second-order valence-electron chi connectivity index (χ2n) is 6.88. The van der Waals surface area contributed by atoms with E-state index in [1.165, 1.54) is 41.6 Å². The van der Waals surface area contributed by atoms with Gasteiger partial charge in [0.1, 0.15) is 6.10 Å². The highest BCUT2D eigenvalue weighted by Crippen LogP contribution is 2.29. The van der Waals surface area contributed by atoms with Gasteiger partial charge in [-0.1, -0.05) is 36.4 Å². The Morgan fingerprint density at radius 3 is 2.08 bits per heavy atom. The quantitative estimate of drug-likeness (QED) is 0.664. The Bertz CT molecular complexity index is 840. The Morgan fingerprint density at radius 1 is 0.960 bits per heavy atom. The van der Waals surface area contributed by atoms with Gasteiger partial charge in [0.2, 0.25) is 0 Å². The van der Waals surface area contributed by atoms with Gasteiger partial charge >= 0.3 is 5.97 Å². The van der Waals surface area contributed by atoms with E-state index in [0.717, 1.165) is 19.6 Å². The molecule has 1 aliphatic heterocycles. The summed E-state index contributed by atoms with van der Waals surface area (Å²) in [5, 5.41) is 2.50. The van der Waals surface area contributed by atoms with Crippen molar-refractivity contribution in [1.29, 1.82) is 0 Å². The lowest BCUT2D eigenvalue weighted by Gasteiger charge is -2.24. The zero-order valence-electron chi connectivity index (χ0n) is 14.6. The number of esters is 1. The molecular formula is C21H24N2O2. The Labute approximate surface area is 148 Å². The van der Waals surface area contributed by atoms with Gasteiger partial charge in [-0.25, -0.2) is 0 Å². The summed E-state index contributed by atoms with van der Waals surface area (Å²) in [5.74, 6) is -0.204. The number of rotatable bonds is 5.